The summed E-state index contributed by atoms with van der Waals surface area (Å²) in [6, 6.07) is 5.69. The van der Waals surface area contributed by atoms with E-state index in [1.807, 2.05) is 27.7 Å². The summed E-state index contributed by atoms with van der Waals surface area (Å²) >= 11 is 5.91. The summed E-state index contributed by atoms with van der Waals surface area (Å²) in [5, 5.41) is 6.50. The van der Waals surface area contributed by atoms with Crippen molar-refractivity contribution in [3.63, 3.8) is 0 Å². The van der Waals surface area contributed by atoms with Crippen molar-refractivity contribution in [2.45, 2.75) is 45.8 Å². The normalized spacial score (nSPS) is 12.9. The van der Waals surface area contributed by atoms with Crippen LogP contribution in [0.15, 0.2) is 22.6 Å². The average Bonchev–Trinajstić information content (AvgIpc) is 2.77. The van der Waals surface area contributed by atoms with Crippen molar-refractivity contribution in [2.75, 3.05) is 11.9 Å². The third-order valence-corrected chi connectivity index (χ3v) is 3.20. The number of nitrogens with zero attached hydrogens (tertiary/aromatic N) is 1. The molecule has 1 heterocycles. The molecule has 2 rings (SSSR count). The number of carbonyl (C=O) groups is 1. The van der Waals surface area contributed by atoms with E-state index < -0.39 is 11.7 Å². The molecule has 6 nitrogen and oxygen atoms in total. The summed E-state index contributed by atoms with van der Waals surface area (Å²) in [6.07, 6.45) is 0.292. The van der Waals surface area contributed by atoms with E-state index >= 15 is 0 Å². The van der Waals surface area contributed by atoms with Crippen molar-refractivity contribution in [3.8, 4) is 0 Å². The number of anilines is 1. The van der Waals surface area contributed by atoms with Gasteiger partial charge in [0.25, 0.3) is 6.01 Å². The fourth-order valence-corrected chi connectivity index (χ4v) is 2.12. The van der Waals surface area contributed by atoms with Crippen LogP contribution < -0.4 is 10.6 Å². The fourth-order valence-electron chi connectivity index (χ4n) is 1.95. The maximum Gasteiger partial charge on any atom is 0.407 e. The van der Waals surface area contributed by atoms with Crippen LogP contribution in [-0.4, -0.2) is 29.3 Å². The van der Waals surface area contributed by atoms with Crippen molar-refractivity contribution in [1.29, 1.82) is 0 Å². The van der Waals surface area contributed by atoms with Gasteiger partial charge in [-0.3, -0.25) is 0 Å². The fraction of sp³-hybridized carbons (Fsp3) is 0.500. The second-order valence-corrected chi connectivity index (χ2v) is 6.83. The molecule has 0 aliphatic rings. The molecule has 0 spiro atoms. The zero-order valence-corrected chi connectivity index (χ0v) is 14.5. The van der Waals surface area contributed by atoms with Crippen LogP contribution in [-0.2, 0) is 4.74 Å². The Balaban J connectivity index is 1.78. The molecule has 1 amide bonds. The molecule has 0 saturated carbocycles. The van der Waals surface area contributed by atoms with E-state index in [9.17, 15) is 4.79 Å². The highest BCUT2D eigenvalue weighted by atomic mass is 35.5. The van der Waals surface area contributed by atoms with Gasteiger partial charge >= 0.3 is 6.09 Å². The number of fused-ring (bicyclic) bond motifs is 1. The van der Waals surface area contributed by atoms with E-state index in [1.54, 1.807) is 18.2 Å². The van der Waals surface area contributed by atoms with Crippen LogP contribution in [0.1, 0.15) is 34.1 Å². The third-order valence-electron chi connectivity index (χ3n) is 2.97. The van der Waals surface area contributed by atoms with E-state index in [0.29, 0.717) is 35.1 Å². The number of hydrogen-bond acceptors (Lipinski definition) is 5. The van der Waals surface area contributed by atoms with Gasteiger partial charge in [-0.2, -0.15) is 4.98 Å². The second-order valence-electron chi connectivity index (χ2n) is 6.39. The largest absolute Gasteiger partial charge is 0.444 e. The van der Waals surface area contributed by atoms with E-state index in [-0.39, 0.29) is 6.04 Å². The number of aromatic nitrogens is 1. The maximum absolute atomic E-state index is 11.7. The van der Waals surface area contributed by atoms with Gasteiger partial charge in [0.2, 0.25) is 0 Å². The summed E-state index contributed by atoms with van der Waals surface area (Å²) in [7, 11) is 0. The highest BCUT2D eigenvalue weighted by Crippen LogP contribution is 2.22. The second kappa shape index (κ2) is 7.08. The van der Waals surface area contributed by atoms with Gasteiger partial charge < -0.3 is 19.8 Å². The van der Waals surface area contributed by atoms with E-state index in [2.05, 4.69) is 15.6 Å². The van der Waals surface area contributed by atoms with Gasteiger partial charge in [-0.1, -0.05) is 11.6 Å². The van der Waals surface area contributed by atoms with Gasteiger partial charge in [0, 0.05) is 17.6 Å². The topological polar surface area (TPSA) is 76.4 Å². The van der Waals surface area contributed by atoms with Crippen LogP contribution in [0.25, 0.3) is 11.1 Å². The Morgan fingerprint density at radius 1 is 1.43 bits per heavy atom. The number of halogens is 1. The molecule has 1 aromatic carbocycles. The lowest BCUT2D eigenvalue weighted by atomic mass is 10.2. The lowest BCUT2D eigenvalue weighted by Gasteiger charge is -2.21. The molecule has 0 aliphatic carbocycles. The minimum absolute atomic E-state index is 0.0313. The molecule has 0 bridgehead atoms. The summed E-state index contributed by atoms with van der Waals surface area (Å²) in [5.74, 6) is 0. The molecule has 0 radical (unpaired) electrons. The predicted octanol–water partition coefficient (Wildman–Crippen LogP) is 4.20. The Bertz CT molecular complexity index is 679. The maximum atomic E-state index is 11.7. The van der Waals surface area contributed by atoms with Gasteiger partial charge in [-0.15, -0.1) is 0 Å². The number of ether oxygens (including phenoxy) is 1. The van der Waals surface area contributed by atoms with Crippen LogP contribution in [0.4, 0.5) is 10.8 Å². The van der Waals surface area contributed by atoms with Gasteiger partial charge in [0.1, 0.15) is 11.1 Å². The third kappa shape index (κ3) is 5.63. The first-order valence-corrected chi connectivity index (χ1v) is 7.90. The Labute approximate surface area is 140 Å². The predicted molar refractivity (Wildman–Crippen MR) is 91.0 cm³/mol. The minimum Gasteiger partial charge on any atom is -0.444 e. The molecule has 2 aromatic rings. The number of hydrogen-bond donors (Lipinski definition) is 2. The van der Waals surface area contributed by atoms with Crippen molar-refractivity contribution in [3.05, 3.63) is 23.2 Å². The first-order chi connectivity index (χ1) is 10.7. The zero-order valence-electron chi connectivity index (χ0n) is 13.8. The molecule has 0 fully saturated rings. The van der Waals surface area contributed by atoms with Crippen LogP contribution in [0.2, 0.25) is 5.02 Å². The molecular weight excluding hydrogens is 318 g/mol. The number of carbonyl (C=O) groups excluding carboxylic acids is 1. The van der Waals surface area contributed by atoms with Crippen LogP contribution in [0.3, 0.4) is 0 Å². The Morgan fingerprint density at radius 3 is 2.87 bits per heavy atom. The van der Waals surface area contributed by atoms with Gasteiger partial charge in [-0.25, -0.2) is 4.79 Å². The number of nitrogens with one attached hydrogen (secondary N) is 2. The van der Waals surface area contributed by atoms with E-state index in [4.69, 9.17) is 20.8 Å². The summed E-state index contributed by atoms with van der Waals surface area (Å²) in [5.41, 5.74) is 0.887. The molecule has 0 unspecified atom stereocenters. The first kappa shape index (κ1) is 17.4. The quantitative estimate of drug-likeness (QED) is 0.853. The molecule has 0 aliphatic heterocycles. The van der Waals surface area contributed by atoms with Gasteiger partial charge in [0.15, 0.2) is 5.58 Å². The Hall–Kier alpha value is -1.95. The van der Waals surface area contributed by atoms with Crippen LogP contribution >= 0.6 is 11.6 Å². The monoisotopic (exact) mass is 339 g/mol. The molecule has 2 N–H and O–H groups in total. The molecule has 1 aromatic heterocycles. The number of alkyl carbamates (subject to hydrolysis) is 1. The highest BCUT2D eigenvalue weighted by Gasteiger charge is 2.17. The number of rotatable bonds is 5. The number of benzene rings is 1. The molecule has 0 saturated heterocycles. The molecule has 126 valence electrons. The van der Waals surface area contributed by atoms with Crippen LogP contribution in [0, 0.1) is 0 Å². The molecule has 7 heteroatoms. The smallest absolute Gasteiger partial charge is 0.407 e. The van der Waals surface area contributed by atoms with E-state index in [1.165, 1.54) is 0 Å². The van der Waals surface area contributed by atoms with Gasteiger partial charge in [0.05, 0.1) is 0 Å². The molecule has 1 atom stereocenters. The number of amides is 1. The summed E-state index contributed by atoms with van der Waals surface area (Å²) in [6.45, 7) is 8.02. The lowest BCUT2D eigenvalue weighted by Crippen LogP contribution is -2.38. The van der Waals surface area contributed by atoms with E-state index in [0.717, 1.165) is 0 Å². The van der Waals surface area contributed by atoms with Crippen molar-refractivity contribution in [1.82, 2.24) is 10.3 Å². The van der Waals surface area contributed by atoms with Crippen LogP contribution in [0.5, 0.6) is 0 Å². The zero-order chi connectivity index (χ0) is 17.0. The summed E-state index contributed by atoms with van der Waals surface area (Å²) in [4.78, 5) is 16.0. The number of oxazole rings is 1. The van der Waals surface area contributed by atoms with Crippen molar-refractivity contribution < 1.29 is 13.9 Å². The Kier molecular flexibility index (Phi) is 5.36. The summed E-state index contributed by atoms with van der Waals surface area (Å²) < 4.78 is 10.8. The Morgan fingerprint density at radius 2 is 2.17 bits per heavy atom. The van der Waals surface area contributed by atoms with Gasteiger partial charge in [-0.05, 0) is 52.3 Å². The lowest BCUT2D eigenvalue weighted by molar-refractivity contribution is 0.0507. The average molecular weight is 340 g/mol. The first-order valence-electron chi connectivity index (χ1n) is 7.52. The highest BCUT2D eigenvalue weighted by molar-refractivity contribution is 6.31. The molecular formula is C16H22ClN3O3. The van der Waals surface area contributed by atoms with Crippen molar-refractivity contribution in [2.24, 2.45) is 0 Å². The van der Waals surface area contributed by atoms with Crippen molar-refractivity contribution >= 4 is 34.8 Å². The standard InChI is InChI=1S/C16H22ClN3O3/c1-10(19-15(21)23-16(2,3)4)7-8-18-14-20-12-9-11(17)5-6-13(12)22-14/h5-6,9-10H,7-8H2,1-4H3,(H,18,20)(H,19,21)/t10-/m1/s1. The molecule has 23 heavy (non-hydrogen) atoms. The minimum atomic E-state index is -0.498. The SMILES string of the molecule is C[C@H](CCNc1nc2cc(Cl)ccc2o1)NC(=O)OC(C)(C)C.